The number of halogens is 1. The molecular formula is C20H21ClN2O4. The van der Waals surface area contributed by atoms with Gasteiger partial charge in [0, 0.05) is 11.6 Å². The highest BCUT2D eigenvalue weighted by molar-refractivity contribution is 6.31. The zero-order valence-corrected chi connectivity index (χ0v) is 16.0. The van der Waals surface area contributed by atoms with Gasteiger partial charge in [-0.15, -0.1) is 0 Å². The van der Waals surface area contributed by atoms with E-state index in [1.807, 2.05) is 42.3 Å². The summed E-state index contributed by atoms with van der Waals surface area (Å²) in [5, 5.41) is 0.666. The van der Waals surface area contributed by atoms with Gasteiger partial charge < -0.3 is 14.4 Å². The van der Waals surface area contributed by atoms with Crippen molar-refractivity contribution in [1.82, 2.24) is 4.90 Å². The molecule has 0 saturated heterocycles. The monoisotopic (exact) mass is 388 g/mol. The molecular weight excluding hydrogens is 368 g/mol. The molecule has 1 atom stereocenters. The maximum absolute atomic E-state index is 12.9. The molecule has 1 amide bonds. The van der Waals surface area contributed by atoms with Crippen molar-refractivity contribution in [2.45, 2.75) is 12.6 Å². The second kappa shape index (κ2) is 8.41. The number of likely N-dealkylation sites (N-methyl/N-ethyl adjacent to an activating group) is 1. The van der Waals surface area contributed by atoms with Crippen molar-refractivity contribution in [2.75, 3.05) is 32.1 Å². The van der Waals surface area contributed by atoms with Crippen LogP contribution in [0.15, 0.2) is 48.5 Å². The molecule has 0 aromatic heterocycles. The van der Waals surface area contributed by atoms with Crippen molar-refractivity contribution < 1.29 is 19.1 Å². The van der Waals surface area contributed by atoms with E-state index in [0.29, 0.717) is 23.0 Å². The molecule has 6 nitrogen and oxygen atoms in total. The lowest BCUT2D eigenvalue weighted by molar-refractivity contribution is -0.148. The van der Waals surface area contributed by atoms with Gasteiger partial charge in [-0.05, 0) is 30.8 Å². The van der Waals surface area contributed by atoms with E-state index in [0.717, 1.165) is 5.56 Å². The average Bonchev–Trinajstić information content (AvgIpc) is 2.68. The van der Waals surface area contributed by atoms with Crippen molar-refractivity contribution in [3.05, 3.63) is 59.1 Å². The summed E-state index contributed by atoms with van der Waals surface area (Å²) in [5.41, 5.74) is 1.60. The summed E-state index contributed by atoms with van der Waals surface area (Å²) >= 11 is 6.20. The Morgan fingerprint density at radius 3 is 2.67 bits per heavy atom. The fourth-order valence-electron chi connectivity index (χ4n) is 3.01. The number of amides is 1. The van der Waals surface area contributed by atoms with E-state index in [1.54, 1.807) is 23.1 Å². The van der Waals surface area contributed by atoms with Gasteiger partial charge in [0.15, 0.2) is 0 Å². The van der Waals surface area contributed by atoms with Crippen molar-refractivity contribution in [3.8, 4) is 5.75 Å². The van der Waals surface area contributed by atoms with Crippen molar-refractivity contribution in [1.29, 1.82) is 0 Å². The lowest BCUT2D eigenvalue weighted by Crippen LogP contribution is -2.49. The third kappa shape index (κ3) is 4.40. The number of esters is 1. The first kappa shape index (κ1) is 19.2. The molecule has 1 unspecified atom stereocenters. The number of hydrogen-bond acceptors (Lipinski definition) is 5. The van der Waals surface area contributed by atoms with Gasteiger partial charge >= 0.3 is 5.97 Å². The SMILES string of the molecule is COC(=O)C1CN(C(=O)CN(C)Cc2ccccc2Cl)c2ccccc2O1. The van der Waals surface area contributed by atoms with Gasteiger partial charge in [-0.1, -0.05) is 41.9 Å². The van der Waals surface area contributed by atoms with Crippen LogP contribution < -0.4 is 9.64 Å². The average molecular weight is 389 g/mol. The Kier molecular flexibility index (Phi) is 5.98. The molecule has 0 spiro atoms. The zero-order valence-electron chi connectivity index (χ0n) is 15.2. The minimum absolute atomic E-state index is 0.114. The van der Waals surface area contributed by atoms with E-state index in [9.17, 15) is 9.59 Å². The van der Waals surface area contributed by atoms with Crippen LogP contribution in [-0.2, 0) is 20.9 Å². The van der Waals surface area contributed by atoms with Crippen LogP contribution in [0.4, 0.5) is 5.69 Å². The Labute approximate surface area is 163 Å². The quantitative estimate of drug-likeness (QED) is 0.737. The molecule has 27 heavy (non-hydrogen) atoms. The first-order chi connectivity index (χ1) is 13.0. The van der Waals surface area contributed by atoms with E-state index in [1.165, 1.54) is 7.11 Å². The highest BCUT2D eigenvalue weighted by Gasteiger charge is 2.34. The second-order valence-corrected chi connectivity index (χ2v) is 6.77. The van der Waals surface area contributed by atoms with Crippen molar-refractivity contribution in [2.24, 2.45) is 0 Å². The number of carbonyl (C=O) groups excluding carboxylic acids is 2. The third-order valence-corrected chi connectivity index (χ3v) is 4.71. The maximum Gasteiger partial charge on any atom is 0.348 e. The second-order valence-electron chi connectivity index (χ2n) is 6.37. The summed E-state index contributed by atoms with van der Waals surface area (Å²) in [6.45, 7) is 0.827. The topological polar surface area (TPSA) is 59.1 Å². The highest BCUT2D eigenvalue weighted by atomic mass is 35.5. The summed E-state index contributed by atoms with van der Waals surface area (Å²) in [6, 6.07) is 14.7. The van der Waals surface area contributed by atoms with Crippen LogP contribution in [0.1, 0.15) is 5.56 Å². The van der Waals surface area contributed by atoms with E-state index in [2.05, 4.69) is 0 Å². The number of hydrogen-bond donors (Lipinski definition) is 0. The van der Waals surface area contributed by atoms with E-state index in [-0.39, 0.29) is 19.0 Å². The standard InChI is InChI=1S/C20H21ClN2O4/c1-22(11-14-7-3-4-8-15(14)21)13-19(24)23-12-18(20(25)26-2)27-17-10-6-5-9-16(17)23/h3-10,18H,11-13H2,1-2H3. The van der Waals surface area contributed by atoms with E-state index in [4.69, 9.17) is 21.1 Å². The van der Waals surface area contributed by atoms with Crippen molar-refractivity contribution in [3.63, 3.8) is 0 Å². The number of methoxy groups -OCH3 is 1. The molecule has 7 heteroatoms. The summed E-state index contributed by atoms with van der Waals surface area (Å²) in [4.78, 5) is 28.3. The van der Waals surface area contributed by atoms with Crippen LogP contribution >= 0.6 is 11.6 Å². The molecule has 1 heterocycles. The number of benzene rings is 2. The molecule has 3 rings (SSSR count). The molecule has 0 bridgehead atoms. The van der Waals surface area contributed by atoms with Crippen LogP contribution in [0.3, 0.4) is 0 Å². The van der Waals surface area contributed by atoms with Gasteiger partial charge in [-0.3, -0.25) is 9.69 Å². The molecule has 142 valence electrons. The largest absolute Gasteiger partial charge is 0.475 e. The minimum Gasteiger partial charge on any atom is -0.475 e. The molecule has 1 aliphatic rings. The number of ether oxygens (including phenoxy) is 2. The maximum atomic E-state index is 12.9. The van der Waals surface area contributed by atoms with Crippen LogP contribution in [0, 0.1) is 0 Å². The summed E-state index contributed by atoms with van der Waals surface area (Å²) in [5.74, 6) is -0.151. The van der Waals surface area contributed by atoms with Gasteiger partial charge in [0.1, 0.15) is 5.75 Å². The lowest BCUT2D eigenvalue weighted by atomic mass is 10.1. The normalized spacial score (nSPS) is 15.9. The Balaban J connectivity index is 1.74. The number of anilines is 1. The lowest BCUT2D eigenvalue weighted by Gasteiger charge is -2.34. The van der Waals surface area contributed by atoms with E-state index >= 15 is 0 Å². The smallest absolute Gasteiger partial charge is 0.348 e. The predicted octanol–water partition coefficient (Wildman–Crippen LogP) is 2.74. The first-order valence-electron chi connectivity index (χ1n) is 8.55. The molecule has 1 aliphatic heterocycles. The molecule has 2 aromatic carbocycles. The Morgan fingerprint density at radius 2 is 1.93 bits per heavy atom. The summed E-state index contributed by atoms with van der Waals surface area (Å²) in [7, 11) is 3.15. The van der Waals surface area contributed by atoms with Gasteiger partial charge in [-0.25, -0.2) is 4.79 Å². The molecule has 0 fully saturated rings. The van der Waals surface area contributed by atoms with Crippen molar-refractivity contribution >= 4 is 29.2 Å². The van der Waals surface area contributed by atoms with E-state index < -0.39 is 12.1 Å². The van der Waals surface area contributed by atoms with Gasteiger partial charge in [-0.2, -0.15) is 0 Å². The minimum atomic E-state index is -0.845. The van der Waals surface area contributed by atoms with Crippen LogP contribution in [0.2, 0.25) is 5.02 Å². The Morgan fingerprint density at radius 1 is 1.22 bits per heavy atom. The number of rotatable bonds is 5. The summed E-state index contributed by atoms with van der Waals surface area (Å²) in [6.07, 6.45) is -0.845. The number of para-hydroxylation sites is 2. The number of carbonyl (C=O) groups is 2. The van der Waals surface area contributed by atoms with Gasteiger partial charge in [0.2, 0.25) is 12.0 Å². The highest BCUT2D eigenvalue weighted by Crippen LogP contribution is 2.33. The molecule has 0 N–H and O–H groups in total. The number of nitrogens with zero attached hydrogens (tertiary/aromatic N) is 2. The molecule has 0 aliphatic carbocycles. The first-order valence-corrected chi connectivity index (χ1v) is 8.93. The Bertz CT molecular complexity index is 842. The summed E-state index contributed by atoms with van der Waals surface area (Å²) < 4.78 is 10.5. The van der Waals surface area contributed by atoms with Crippen LogP contribution in [0.25, 0.3) is 0 Å². The molecule has 2 aromatic rings. The fourth-order valence-corrected chi connectivity index (χ4v) is 3.21. The molecule has 0 saturated carbocycles. The van der Waals surface area contributed by atoms with Crippen LogP contribution in [-0.4, -0.2) is 50.1 Å². The number of fused-ring (bicyclic) bond motifs is 1. The third-order valence-electron chi connectivity index (χ3n) is 4.34. The van der Waals surface area contributed by atoms with Gasteiger partial charge in [0.05, 0.1) is 25.9 Å². The molecule has 0 radical (unpaired) electrons. The van der Waals surface area contributed by atoms with Crippen LogP contribution in [0.5, 0.6) is 5.75 Å². The predicted molar refractivity (Wildman–Crippen MR) is 103 cm³/mol. The van der Waals surface area contributed by atoms with Gasteiger partial charge in [0.25, 0.3) is 0 Å². The fraction of sp³-hybridized carbons (Fsp3) is 0.300. The zero-order chi connectivity index (χ0) is 19.4. The Hall–Kier alpha value is -2.57.